The maximum Gasteiger partial charge on any atom is 0.00755 e. The fourth-order valence-electron chi connectivity index (χ4n) is 0.893. The molecule has 0 radical (unpaired) electrons. The summed E-state index contributed by atoms with van der Waals surface area (Å²) in [5.74, 6) is 1.21. The molecule has 0 fully saturated rings. The monoisotopic (exact) mass is 203 g/mol. The standard InChI is InChI=1S/C11H25NS/c1-10(2,3)9-12-7-8-13-11(4,5)6/h12H,7-9H2,1-6H3. The van der Waals surface area contributed by atoms with Crippen molar-refractivity contribution >= 4 is 11.8 Å². The fourth-order valence-corrected chi connectivity index (χ4v) is 1.75. The van der Waals surface area contributed by atoms with Crippen molar-refractivity contribution < 1.29 is 0 Å². The summed E-state index contributed by atoms with van der Waals surface area (Å²) in [5, 5.41) is 3.48. The summed E-state index contributed by atoms with van der Waals surface area (Å²) in [4.78, 5) is 0. The number of hydrogen-bond donors (Lipinski definition) is 1. The molecule has 0 saturated carbocycles. The minimum absolute atomic E-state index is 0.406. The highest BCUT2D eigenvalue weighted by atomic mass is 32.2. The molecule has 1 N–H and O–H groups in total. The summed E-state index contributed by atoms with van der Waals surface area (Å²) in [7, 11) is 0. The third-order valence-corrected chi connectivity index (χ3v) is 2.74. The van der Waals surface area contributed by atoms with Gasteiger partial charge in [0.05, 0.1) is 0 Å². The van der Waals surface area contributed by atoms with E-state index in [-0.39, 0.29) is 0 Å². The second-order valence-corrected chi connectivity index (χ2v) is 7.62. The lowest BCUT2D eigenvalue weighted by atomic mass is 9.97. The van der Waals surface area contributed by atoms with E-state index in [1.165, 1.54) is 5.75 Å². The van der Waals surface area contributed by atoms with E-state index in [2.05, 4.69) is 46.9 Å². The predicted octanol–water partition coefficient (Wildman–Crippen LogP) is 3.15. The molecule has 0 aromatic carbocycles. The van der Waals surface area contributed by atoms with Crippen LogP contribution in [0.15, 0.2) is 0 Å². The van der Waals surface area contributed by atoms with Crippen molar-refractivity contribution in [2.75, 3.05) is 18.8 Å². The Morgan fingerprint density at radius 2 is 1.54 bits per heavy atom. The zero-order chi connectivity index (χ0) is 10.5. The first-order valence-electron chi connectivity index (χ1n) is 5.05. The van der Waals surface area contributed by atoms with E-state index in [4.69, 9.17) is 0 Å². The van der Waals surface area contributed by atoms with Crippen molar-refractivity contribution in [3.8, 4) is 0 Å². The average molecular weight is 203 g/mol. The summed E-state index contributed by atoms with van der Waals surface area (Å²) in [5.41, 5.74) is 0.409. The topological polar surface area (TPSA) is 12.0 Å². The van der Waals surface area contributed by atoms with Gasteiger partial charge in [0.25, 0.3) is 0 Å². The largest absolute Gasteiger partial charge is 0.315 e. The van der Waals surface area contributed by atoms with Crippen LogP contribution >= 0.6 is 11.8 Å². The van der Waals surface area contributed by atoms with Gasteiger partial charge in [-0.1, -0.05) is 41.5 Å². The first-order chi connectivity index (χ1) is 5.71. The Hall–Kier alpha value is 0.310. The number of thioether (sulfide) groups is 1. The molecule has 0 unspecified atom stereocenters. The Kier molecular flexibility index (Phi) is 5.38. The molecule has 0 spiro atoms. The molecule has 0 rings (SSSR count). The van der Waals surface area contributed by atoms with Crippen molar-refractivity contribution in [1.29, 1.82) is 0 Å². The van der Waals surface area contributed by atoms with Crippen LogP contribution in [0.4, 0.5) is 0 Å². The van der Waals surface area contributed by atoms with Crippen LogP contribution in [-0.4, -0.2) is 23.6 Å². The molecule has 80 valence electrons. The third kappa shape index (κ3) is 12.3. The molecule has 0 aliphatic carbocycles. The van der Waals surface area contributed by atoms with E-state index in [1.807, 2.05) is 11.8 Å². The Bertz CT molecular complexity index is 114. The molecule has 0 amide bonds. The summed E-state index contributed by atoms with van der Waals surface area (Å²) < 4.78 is 0.406. The Morgan fingerprint density at radius 1 is 1.00 bits per heavy atom. The highest BCUT2D eigenvalue weighted by molar-refractivity contribution is 8.00. The maximum atomic E-state index is 3.48. The second-order valence-electron chi connectivity index (χ2n) is 5.70. The summed E-state index contributed by atoms with van der Waals surface area (Å²) in [6.07, 6.45) is 0. The van der Waals surface area contributed by atoms with Crippen molar-refractivity contribution in [1.82, 2.24) is 5.32 Å². The van der Waals surface area contributed by atoms with Crippen LogP contribution in [0.25, 0.3) is 0 Å². The van der Waals surface area contributed by atoms with Crippen molar-refractivity contribution in [3.05, 3.63) is 0 Å². The lowest BCUT2D eigenvalue weighted by molar-refractivity contribution is 0.385. The number of rotatable bonds is 4. The summed E-state index contributed by atoms with van der Waals surface area (Å²) >= 11 is 2.02. The van der Waals surface area contributed by atoms with Crippen molar-refractivity contribution in [2.45, 2.75) is 46.3 Å². The Balaban J connectivity index is 3.28. The Morgan fingerprint density at radius 3 is 1.92 bits per heavy atom. The van der Waals surface area contributed by atoms with Crippen LogP contribution in [0, 0.1) is 5.41 Å². The van der Waals surface area contributed by atoms with Gasteiger partial charge in [-0.05, 0) is 5.41 Å². The molecular weight excluding hydrogens is 178 g/mol. The molecule has 2 heteroatoms. The SMILES string of the molecule is CC(C)(C)CNCCSC(C)(C)C. The Labute approximate surface area is 88.1 Å². The quantitative estimate of drug-likeness (QED) is 0.704. The van der Waals surface area contributed by atoms with Crippen LogP contribution in [0.3, 0.4) is 0 Å². The lowest BCUT2D eigenvalue weighted by Gasteiger charge is -2.20. The van der Waals surface area contributed by atoms with Crippen molar-refractivity contribution in [2.24, 2.45) is 5.41 Å². The van der Waals surface area contributed by atoms with Gasteiger partial charge in [0.2, 0.25) is 0 Å². The maximum absolute atomic E-state index is 3.48. The van der Waals surface area contributed by atoms with E-state index >= 15 is 0 Å². The predicted molar refractivity (Wildman–Crippen MR) is 64.5 cm³/mol. The van der Waals surface area contributed by atoms with Crippen LogP contribution in [-0.2, 0) is 0 Å². The highest BCUT2D eigenvalue weighted by Crippen LogP contribution is 2.22. The third-order valence-electron chi connectivity index (χ3n) is 1.47. The molecule has 0 heterocycles. The fraction of sp³-hybridized carbons (Fsp3) is 1.00. The molecule has 0 aliphatic rings. The van der Waals surface area contributed by atoms with E-state index in [1.54, 1.807) is 0 Å². The number of hydrogen-bond acceptors (Lipinski definition) is 2. The van der Waals surface area contributed by atoms with Crippen molar-refractivity contribution in [3.63, 3.8) is 0 Å². The second kappa shape index (κ2) is 5.26. The molecule has 1 nitrogen and oxygen atoms in total. The molecular formula is C11H25NS. The van der Waals surface area contributed by atoms with Gasteiger partial charge in [0.15, 0.2) is 0 Å². The van der Waals surface area contributed by atoms with Gasteiger partial charge in [-0.2, -0.15) is 11.8 Å². The molecule has 0 saturated heterocycles. The first-order valence-corrected chi connectivity index (χ1v) is 6.04. The molecule has 0 aromatic rings. The molecule has 0 bridgehead atoms. The van der Waals surface area contributed by atoms with Gasteiger partial charge < -0.3 is 5.32 Å². The minimum Gasteiger partial charge on any atom is -0.315 e. The minimum atomic E-state index is 0.406. The van der Waals surface area contributed by atoms with Gasteiger partial charge in [-0.3, -0.25) is 0 Å². The zero-order valence-electron chi connectivity index (χ0n) is 10.0. The van der Waals surface area contributed by atoms with E-state index in [0.717, 1.165) is 13.1 Å². The summed E-state index contributed by atoms with van der Waals surface area (Å²) in [6.45, 7) is 15.8. The molecule has 0 atom stereocenters. The smallest absolute Gasteiger partial charge is 0.00755 e. The van der Waals surface area contributed by atoms with Gasteiger partial charge in [0.1, 0.15) is 0 Å². The van der Waals surface area contributed by atoms with Crippen LogP contribution < -0.4 is 5.32 Å². The highest BCUT2D eigenvalue weighted by Gasteiger charge is 2.11. The van der Waals surface area contributed by atoms with Gasteiger partial charge in [0, 0.05) is 23.6 Å². The van der Waals surface area contributed by atoms with Gasteiger partial charge in [-0.25, -0.2) is 0 Å². The molecule has 0 aliphatic heterocycles. The first kappa shape index (κ1) is 13.3. The average Bonchev–Trinajstić information content (AvgIpc) is 1.81. The van der Waals surface area contributed by atoms with Crippen LogP contribution in [0.2, 0.25) is 0 Å². The zero-order valence-corrected chi connectivity index (χ0v) is 10.8. The van der Waals surface area contributed by atoms with Gasteiger partial charge in [-0.15, -0.1) is 0 Å². The van der Waals surface area contributed by atoms with E-state index in [9.17, 15) is 0 Å². The molecule has 0 aromatic heterocycles. The van der Waals surface area contributed by atoms with Gasteiger partial charge >= 0.3 is 0 Å². The number of nitrogens with one attached hydrogen (secondary N) is 1. The normalized spacial score (nSPS) is 13.4. The van der Waals surface area contributed by atoms with E-state index in [0.29, 0.717) is 10.2 Å². The summed E-state index contributed by atoms with van der Waals surface area (Å²) in [6, 6.07) is 0. The lowest BCUT2D eigenvalue weighted by Crippen LogP contribution is -2.29. The van der Waals surface area contributed by atoms with Crippen LogP contribution in [0.5, 0.6) is 0 Å². The van der Waals surface area contributed by atoms with E-state index < -0.39 is 0 Å². The molecule has 13 heavy (non-hydrogen) atoms. The van der Waals surface area contributed by atoms with Crippen LogP contribution in [0.1, 0.15) is 41.5 Å².